The highest BCUT2D eigenvalue weighted by atomic mass is 15.2. The van der Waals surface area contributed by atoms with E-state index in [1.165, 1.54) is 106 Å². The fourth-order valence-corrected chi connectivity index (χ4v) is 10.6. The minimum Gasteiger partial charge on any atom is -0.313 e. The molecule has 7 aromatic rings. The summed E-state index contributed by atoms with van der Waals surface area (Å²) in [6, 6.07) is 54.9. The Bertz CT molecular complexity index is 2960. The summed E-state index contributed by atoms with van der Waals surface area (Å²) in [6.07, 6.45) is 16.0. The summed E-state index contributed by atoms with van der Waals surface area (Å²) in [7, 11) is 0. The summed E-state index contributed by atoms with van der Waals surface area (Å²) in [4.78, 5) is 2.66. The van der Waals surface area contributed by atoms with Gasteiger partial charge in [0.2, 0.25) is 0 Å². The molecule has 0 bridgehead atoms. The molecule has 7 aromatic carbocycles. The predicted octanol–water partition coefficient (Wildman–Crippen LogP) is 15.8. The largest absolute Gasteiger partial charge is 0.313 e. The second kappa shape index (κ2) is 13.6. The highest BCUT2D eigenvalue weighted by Gasteiger charge is 2.41. The number of allylic oxidation sites excluding steroid dienone is 8. The van der Waals surface area contributed by atoms with Gasteiger partial charge in [-0.05, 0) is 134 Å². The quantitative estimate of drug-likeness (QED) is 0.163. The van der Waals surface area contributed by atoms with Crippen molar-refractivity contribution in [3.8, 4) is 44.5 Å². The molecule has 286 valence electrons. The molecule has 0 radical (unpaired) electrons. The van der Waals surface area contributed by atoms with Crippen LogP contribution in [0.4, 0.5) is 11.4 Å². The third kappa shape index (κ3) is 5.66. The molecule has 0 saturated carbocycles. The molecular weight excluding hydrogens is 711 g/mol. The van der Waals surface area contributed by atoms with E-state index in [1.807, 2.05) is 0 Å². The van der Waals surface area contributed by atoms with Crippen LogP contribution in [0.3, 0.4) is 0 Å². The van der Waals surface area contributed by atoms with Gasteiger partial charge in [-0.1, -0.05) is 173 Å². The van der Waals surface area contributed by atoms with Crippen LogP contribution in [0.2, 0.25) is 0 Å². The lowest BCUT2D eigenvalue weighted by Crippen LogP contribution is -2.22. The third-order valence-corrected chi connectivity index (χ3v) is 13.9. The average molecular weight is 760 g/mol. The molecule has 0 spiro atoms. The van der Waals surface area contributed by atoms with Crippen molar-refractivity contribution in [1.29, 1.82) is 0 Å². The first-order valence-corrected chi connectivity index (χ1v) is 21.4. The molecule has 0 aromatic heterocycles. The number of hydrogen-bond donors (Lipinski definition) is 0. The van der Waals surface area contributed by atoms with E-state index in [4.69, 9.17) is 0 Å². The lowest BCUT2D eigenvalue weighted by molar-refractivity contribution is 0.660. The van der Waals surface area contributed by atoms with E-state index in [1.54, 1.807) is 0 Å². The van der Waals surface area contributed by atoms with E-state index < -0.39 is 0 Å². The van der Waals surface area contributed by atoms with Crippen molar-refractivity contribution in [2.24, 2.45) is 0 Å². The SMILES string of the molecule is CC1(C)c2ccccc2-c2ccc(N(C3=CC=C(C4=CC=CCC4)CC3)c3c4c(cc5ccccc35)C(C)(C)c3cc(-c5ccc(-c6ccccc6)cc5)ccc3-4)cc21. The first-order valence-electron chi connectivity index (χ1n) is 21.4. The van der Waals surface area contributed by atoms with Crippen LogP contribution in [0, 0.1) is 0 Å². The number of anilines is 2. The molecule has 0 N–H and O–H groups in total. The zero-order valence-electron chi connectivity index (χ0n) is 34.5. The van der Waals surface area contributed by atoms with E-state index in [2.05, 4.69) is 209 Å². The summed E-state index contributed by atoms with van der Waals surface area (Å²) < 4.78 is 0. The van der Waals surface area contributed by atoms with Crippen molar-refractivity contribution in [3.05, 3.63) is 215 Å². The van der Waals surface area contributed by atoms with Gasteiger partial charge >= 0.3 is 0 Å². The molecule has 0 saturated heterocycles. The minimum absolute atomic E-state index is 0.104. The van der Waals surface area contributed by atoms with Crippen LogP contribution >= 0.6 is 0 Å². The molecule has 11 rings (SSSR count). The Morgan fingerprint density at radius 3 is 1.88 bits per heavy atom. The van der Waals surface area contributed by atoms with Gasteiger partial charge in [-0.3, -0.25) is 0 Å². The first kappa shape index (κ1) is 35.7. The molecule has 59 heavy (non-hydrogen) atoms. The monoisotopic (exact) mass is 759 g/mol. The molecule has 0 fully saturated rings. The average Bonchev–Trinajstić information content (AvgIpc) is 3.65. The van der Waals surface area contributed by atoms with Gasteiger partial charge in [-0.25, -0.2) is 0 Å². The van der Waals surface area contributed by atoms with Gasteiger partial charge < -0.3 is 4.90 Å². The van der Waals surface area contributed by atoms with Crippen molar-refractivity contribution in [2.45, 2.75) is 64.2 Å². The molecule has 0 unspecified atom stereocenters. The Labute approximate surface area is 349 Å². The van der Waals surface area contributed by atoms with Gasteiger partial charge in [0.15, 0.2) is 0 Å². The number of fused-ring (bicyclic) bond motifs is 7. The highest BCUT2D eigenvalue weighted by Crippen LogP contribution is 2.58. The van der Waals surface area contributed by atoms with E-state index >= 15 is 0 Å². The molecule has 1 nitrogen and oxygen atoms in total. The smallest absolute Gasteiger partial charge is 0.0618 e. The van der Waals surface area contributed by atoms with Gasteiger partial charge in [-0.15, -0.1) is 0 Å². The number of benzene rings is 7. The molecule has 0 atom stereocenters. The number of hydrogen-bond acceptors (Lipinski definition) is 1. The lowest BCUT2D eigenvalue weighted by atomic mass is 9.80. The van der Waals surface area contributed by atoms with E-state index in [0.29, 0.717) is 0 Å². The standard InChI is InChI=1S/C58H49N/c1-57(2)51-22-14-13-21-48(51)49-34-32-46(37-53(49)57)59(45-30-27-41(28-31-45)39-17-9-6-10-18-39)56-47-20-12-11-19-44(47)36-54-55(56)50-33-29-43(35-52(50)58(54,3)4)42-25-23-40(24-26-42)38-15-7-5-8-16-38/h5-9,11-17,19-27,29-30,32-37H,10,18,28,31H2,1-4H3. The van der Waals surface area contributed by atoms with E-state index in [-0.39, 0.29) is 10.8 Å². The fraction of sp³-hybridized carbons (Fsp3) is 0.172. The van der Waals surface area contributed by atoms with Crippen molar-refractivity contribution in [2.75, 3.05) is 4.90 Å². The van der Waals surface area contributed by atoms with Gasteiger partial charge in [0.05, 0.1) is 5.69 Å². The van der Waals surface area contributed by atoms with Crippen LogP contribution in [0.5, 0.6) is 0 Å². The van der Waals surface area contributed by atoms with Crippen LogP contribution in [0.15, 0.2) is 193 Å². The summed E-state index contributed by atoms with van der Waals surface area (Å²) >= 11 is 0. The van der Waals surface area contributed by atoms with Crippen molar-refractivity contribution < 1.29 is 0 Å². The molecule has 1 heteroatoms. The molecule has 4 aliphatic rings. The topological polar surface area (TPSA) is 3.24 Å². The Morgan fingerprint density at radius 2 is 1.10 bits per heavy atom. The predicted molar refractivity (Wildman–Crippen MR) is 250 cm³/mol. The third-order valence-electron chi connectivity index (χ3n) is 13.9. The van der Waals surface area contributed by atoms with Crippen molar-refractivity contribution in [1.82, 2.24) is 0 Å². The second-order valence-electron chi connectivity index (χ2n) is 17.9. The molecular formula is C58H49N. The van der Waals surface area contributed by atoms with Crippen molar-refractivity contribution >= 4 is 22.1 Å². The molecule has 0 aliphatic heterocycles. The van der Waals surface area contributed by atoms with Gasteiger partial charge in [-0.2, -0.15) is 0 Å². The Balaban J connectivity index is 1.11. The van der Waals surface area contributed by atoms with E-state index in [9.17, 15) is 0 Å². The first-order chi connectivity index (χ1) is 28.8. The highest BCUT2D eigenvalue weighted by molar-refractivity contribution is 6.09. The molecule has 4 aliphatic carbocycles. The summed E-state index contributed by atoms with van der Waals surface area (Å²) in [5, 5.41) is 2.57. The number of nitrogens with zero attached hydrogens (tertiary/aromatic N) is 1. The zero-order chi connectivity index (χ0) is 39.9. The minimum atomic E-state index is -0.203. The summed E-state index contributed by atoms with van der Waals surface area (Å²) in [6.45, 7) is 9.65. The number of rotatable bonds is 6. The Kier molecular flexibility index (Phi) is 8.21. The Hall–Kier alpha value is -6.44. The van der Waals surface area contributed by atoms with Crippen LogP contribution in [-0.4, -0.2) is 0 Å². The zero-order valence-corrected chi connectivity index (χ0v) is 34.5. The van der Waals surface area contributed by atoms with Crippen molar-refractivity contribution in [3.63, 3.8) is 0 Å². The maximum absolute atomic E-state index is 2.66. The fourth-order valence-electron chi connectivity index (χ4n) is 10.6. The molecule has 0 heterocycles. The van der Waals surface area contributed by atoms with Crippen LogP contribution in [0.1, 0.15) is 75.6 Å². The second-order valence-corrected chi connectivity index (χ2v) is 17.9. The van der Waals surface area contributed by atoms with Gasteiger partial charge in [0.1, 0.15) is 0 Å². The van der Waals surface area contributed by atoms with Gasteiger partial charge in [0, 0.05) is 33.2 Å². The summed E-state index contributed by atoms with van der Waals surface area (Å²) in [5.74, 6) is 0. The van der Waals surface area contributed by atoms with Crippen LogP contribution in [0.25, 0.3) is 55.3 Å². The lowest BCUT2D eigenvalue weighted by Gasteiger charge is -2.34. The summed E-state index contributed by atoms with van der Waals surface area (Å²) in [5.41, 5.74) is 22.5. The normalized spacial score (nSPS) is 16.7. The van der Waals surface area contributed by atoms with E-state index in [0.717, 1.165) is 25.7 Å². The van der Waals surface area contributed by atoms with Crippen LogP contribution in [-0.2, 0) is 10.8 Å². The Morgan fingerprint density at radius 1 is 0.458 bits per heavy atom. The molecule has 0 amide bonds. The van der Waals surface area contributed by atoms with Gasteiger partial charge in [0.25, 0.3) is 0 Å². The van der Waals surface area contributed by atoms with Crippen LogP contribution < -0.4 is 4.90 Å². The maximum Gasteiger partial charge on any atom is 0.0618 e. The maximum atomic E-state index is 2.66.